The third kappa shape index (κ3) is 3.63. The molecule has 1 aromatic carbocycles. The maximum atomic E-state index is 12.7. The van der Waals surface area contributed by atoms with Gasteiger partial charge in [0, 0.05) is 17.3 Å². The van der Waals surface area contributed by atoms with Crippen LogP contribution in [-0.2, 0) is 4.79 Å². The lowest BCUT2D eigenvalue weighted by molar-refractivity contribution is -0.117. The molecule has 1 aliphatic heterocycles. The summed E-state index contributed by atoms with van der Waals surface area (Å²) in [5, 5.41) is 2.77. The van der Waals surface area contributed by atoms with E-state index in [1.54, 1.807) is 24.3 Å². The third-order valence-electron chi connectivity index (χ3n) is 3.60. The lowest BCUT2D eigenvalue weighted by Gasteiger charge is -2.21. The number of nitrogens with one attached hydrogen (secondary N) is 1. The van der Waals surface area contributed by atoms with Crippen molar-refractivity contribution in [1.29, 1.82) is 0 Å². The lowest BCUT2D eigenvalue weighted by atomic mass is 10.1. The van der Waals surface area contributed by atoms with E-state index in [0.717, 1.165) is 19.4 Å². The number of likely N-dealkylation sites (tertiary alicyclic amines) is 1. The van der Waals surface area contributed by atoms with E-state index in [4.69, 9.17) is 0 Å². The smallest absolute Gasteiger partial charge is 0.238 e. The fourth-order valence-corrected chi connectivity index (χ4v) is 2.45. The second-order valence-corrected chi connectivity index (χ2v) is 5.10. The van der Waals surface area contributed by atoms with Gasteiger partial charge in [0.1, 0.15) is 6.67 Å². The number of carbonyl (C=O) groups excluding carboxylic acids is 2. The van der Waals surface area contributed by atoms with E-state index in [9.17, 15) is 14.0 Å². The van der Waals surface area contributed by atoms with Crippen LogP contribution < -0.4 is 5.32 Å². The van der Waals surface area contributed by atoms with Crippen LogP contribution in [0, 0.1) is 0 Å². The zero-order valence-electron chi connectivity index (χ0n) is 11.6. The molecule has 0 aliphatic carbocycles. The normalized spacial score (nSPS) is 19.0. The first-order chi connectivity index (χ1) is 9.60. The van der Waals surface area contributed by atoms with Crippen LogP contribution in [0.4, 0.5) is 10.1 Å². The van der Waals surface area contributed by atoms with E-state index in [0.29, 0.717) is 11.3 Å². The van der Waals surface area contributed by atoms with Gasteiger partial charge in [0.15, 0.2) is 5.78 Å². The third-order valence-corrected chi connectivity index (χ3v) is 3.60. The van der Waals surface area contributed by atoms with Crippen LogP contribution in [0.2, 0.25) is 0 Å². The molecule has 0 aromatic heterocycles. The Bertz CT molecular complexity index is 487. The van der Waals surface area contributed by atoms with Crippen molar-refractivity contribution in [3.63, 3.8) is 0 Å². The molecule has 0 bridgehead atoms. The van der Waals surface area contributed by atoms with Crippen LogP contribution in [0.1, 0.15) is 30.1 Å². The summed E-state index contributed by atoms with van der Waals surface area (Å²) in [6.07, 6.45) is 1.76. The van der Waals surface area contributed by atoms with Crippen molar-refractivity contribution in [1.82, 2.24) is 4.90 Å². The molecule has 0 spiro atoms. The Morgan fingerprint density at radius 2 is 2.05 bits per heavy atom. The summed E-state index contributed by atoms with van der Waals surface area (Å²) >= 11 is 0. The molecule has 20 heavy (non-hydrogen) atoms. The van der Waals surface area contributed by atoms with Crippen molar-refractivity contribution in [2.24, 2.45) is 0 Å². The van der Waals surface area contributed by atoms with Crippen molar-refractivity contribution in [3.8, 4) is 0 Å². The number of benzene rings is 1. The highest BCUT2D eigenvalue weighted by Crippen LogP contribution is 2.17. The summed E-state index contributed by atoms with van der Waals surface area (Å²) in [6.45, 7) is 2.08. The number of alkyl halides is 1. The topological polar surface area (TPSA) is 49.4 Å². The molecule has 4 nitrogen and oxygen atoms in total. The molecule has 108 valence electrons. The maximum Gasteiger partial charge on any atom is 0.238 e. The molecule has 1 saturated heterocycles. The average Bonchev–Trinajstić information content (AvgIpc) is 2.86. The zero-order chi connectivity index (χ0) is 14.5. The van der Waals surface area contributed by atoms with Gasteiger partial charge in [-0.2, -0.15) is 0 Å². The summed E-state index contributed by atoms with van der Waals surface area (Å²) in [7, 11) is 0. The van der Waals surface area contributed by atoms with E-state index < -0.39 is 6.67 Å². The number of halogens is 1. The average molecular weight is 278 g/mol. The number of anilines is 1. The SMILES string of the molecule is CC(=O)c1ccc(NC(=O)CN2CCCC2CF)cc1. The molecule has 1 unspecified atom stereocenters. The molecule has 1 fully saturated rings. The van der Waals surface area contributed by atoms with Gasteiger partial charge in [-0.3, -0.25) is 14.5 Å². The molecular weight excluding hydrogens is 259 g/mol. The lowest BCUT2D eigenvalue weighted by Crippen LogP contribution is -2.37. The summed E-state index contributed by atoms with van der Waals surface area (Å²) in [4.78, 5) is 24.9. The van der Waals surface area contributed by atoms with Crippen molar-refractivity contribution in [3.05, 3.63) is 29.8 Å². The monoisotopic (exact) mass is 278 g/mol. The summed E-state index contributed by atoms with van der Waals surface area (Å²) in [5.74, 6) is -0.161. The van der Waals surface area contributed by atoms with Crippen molar-refractivity contribution in [2.75, 3.05) is 25.1 Å². The highest BCUT2D eigenvalue weighted by molar-refractivity contribution is 5.96. The predicted octanol–water partition coefficient (Wildman–Crippen LogP) is 2.26. The molecule has 5 heteroatoms. The minimum Gasteiger partial charge on any atom is -0.325 e. The quantitative estimate of drug-likeness (QED) is 0.841. The number of carbonyl (C=O) groups is 2. The number of rotatable bonds is 5. The first-order valence-electron chi connectivity index (χ1n) is 6.81. The van der Waals surface area contributed by atoms with Crippen LogP contribution in [-0.4, -0.2) is 42.4 Å². The van der Waals surface area contributed by atoms with Crippen LogP contribution in [0.15, 0.2) is 24.3 Å². The first-order valence-corrected chi connectivity index (χ1v) is 6.81. The van der Waals surface area contributed by atoms with Crippen LogP contribution >= 0.6 is 0 Å². The predicted molar refractivity (Wildman–Crippen MR) is 75.6 cm³/mol. The van der Waals surface area contributed by atoms with Gasteiger partial charge in [-0.15, -0.1) is 0 Å². The Kier molecular flexibility index (Phi) is 4.84. The van der Waals surface area contributed by atoms with Crippen LogP contribution in [0.5, 0.6) is 0 Å². The van der Waals surface area contributed by atoms with Crippen molar-refractivity contribution < 1.29 is 14.0 Å². The number of nitrogens with zero attached hydrogens (tertiary/aromatic N) is 1. The fourth-order valence-electron chi connectivity index (χ4n) is 2.45. The standard InChI is InChI=1S/C15H19FN2O2/c1-11(19)12-4-6-13(7-5-12)17-15(20)10-18-8-2-3-14(18)9-16/h4-7,14H,2-3,8-10H2,1H3,(H,17,20). The second-order valence-electron chi connectivity index (χ2n) is 5.10. The van der Waals surface area contributed by atoms with Gasteiger partial charge in [0.25, 0.3) is 0 Å². The van der Waals surface area contributed by atoms with Crippen molar-refractivity contribution >= 4 is 17.4 Å². The molecule has 1 aliphatic rings. The van der Waals surface area contributed by atoms with E-state index in [-0.39, 0.29) is 24.3 Å². The summed E-state index contributed by atoms with van der Waals surface area (Å²) in [6, 6.07) is 6.63. The Balaban J connectivity index is 1.89. The molecule has 1 aromatic rings. The Morgan fingerprint density at radius 1 is 1.35 bits per heavy atom. The molecule has 1 N–H and O–H groups in total. The fraction of sp³-hybridized carbons (Fsp3) is 0.467. The number of ketones is 1. The van der Waals surface area contributed by atoms with Crippen LogP contribution in [0.25, 0.3) is 0 Å². The van der Waals surface area contributed by atoms with Crippen molar-refractivity contribution in [2.45, 2.75) is 25.8 Å². The van der Waals surface area contributed by atoms with Gasteiger partial charge in [-0.1, -0.05) is 0 Å². The summed E-state index contributed by atoms with van der Waals surface area (Å²) < 4.78 is 12.7. The number of Topliss-reactive ketones (excluding diaryl/α,β-unsaturated/α-hetero) is 1. The molecule has 1 atom stereocenters. The Morgan fingerprint density at radius 3 is 2.65 bits per heavy atom. The van der Waals surface area contributed by atoms with Gasteiger partial charge in [0.2, 0.25) is 5.91 Å². The minimum atomic E-state index is -0.402. The highest BCUT2D eigenvalue weighted by atomic mass is 19.1. The molecule has 0 radical (unpaired) electrons. The molecule has 1 amide bonds. The van der Waals surface area contributed by atoms with E-state index >= 15 is 0 Å². The van der Waals surface area contributed by atoms with E-state index in [1.165, 1.54) is 6.92 Å². The number of hydrogen-bond acceptors (Lipinski definition) is 3. The van der Waals surface area contributed by atoms with Gasteiger partial charge >= 0.3 is 0 Å². The Hall–Kier alpha value is -1.75. The van der Waals surface area contributed by atoms with Gasteiger partial charge in [-0.25, -0.2) is 4.39 Å². The van der Waals surface area contributed by atoms with E-state index in [1.807, 2.05) is 4.90 Å². The molecular formula is C15H19FN2O2. The van der Waals surface area contributed by atoms with E-state index in [2.05, 4.69) is 5.32 Å². The van der Waals surface area contributed by atoms with Gasteiger partial charge < -0.3 is 5.32 Å². The maximum absolute atomic E-state index is 12.7. The minimum absolute atomic E-state index is 0.00858. The van der Waals surface area contributed by atoms with Gasteiger partial charge in [0.05, 0.1) is 6.54 Å². The largest absolute Gasteiger partial charge is 0.325 e. The second kappa shape index (κ2) is 6.61. The highest BCUT2D eigenvalue weighted by Gasteiger charge is 2.25. The molecule has 1 heterocycles. The molecule has 2 rings (SSSR count). The zero-order valence-corrected chi connectivity index (χ0v) is 11.6. The van der Waals surface area contributed by atoms with Gasteiger partial charge in [-0.05, 0) is 50.6 Å². The number of amides is 1. The Labute approximate surface area is 118 Å². The molecule has 0 saturated carbocycles. The summed E-state index contributed by atoms with van der Waals surface area (Å²) in [5.41, 5.74) is 1.26. The van der Waals surface area contributed by atoms with Crippen LogP contribution in [0.3, 0.4) is 0 Å². The first kappa shape index (κ1) is 14.7. The number of hydrogen-bond donors (Lipinski definition) is 1.